The Hall–Kier alpha value is 3.80. The van der Waals surface area contributed by atoms with Crippen LogP contribution in [0.15, 0.2) is 0 Å². The molecule has 0 N–H and O–H groups in total. The third-order valence-corrected chi connectivity index (χ3v) is 0.750. The molecule has 0 aliphatic carbocycles. The maximum atomic E-state index is 9.28. The maximum absolute atomic E-state index is 9.28. The summed E-state index contributed by atoms with van der Waals surface area (Å²) < 4.78 is 3.41. The van der Waals surface area contributed by atoms with Crippen molar-refractivity contribution in [3.63, 3.8) is 0 Å². The fraction of sp³-hybridized carbons (Fsp3) is 1.00. The van der Waals surface area contributed by atoms with Crippen LogP contribution in [0.5, 0.6) is 0 Å². The van der Waals surface area contributed by atoms with Crippen molar-refractivity contribution >= 4 is 19.6 Å². The van der Waals surface area contributed by atoms with Crippen LogP contribution < -0.4 is 103 Å². The molecule has 0 spiro atoms. The van der Waals surface area contributed by atoms with Gasteiger partial charge in [0, 0.05) is 7.11 Å². The minimum absolute atomic E-state index is 0. The molecule has 55 valence electrons. The molecule has 0 fully saturated rings. The Kier molecular flexibility index (Phi) is 51.7. The molecular formula is CH3CuNa3O4SSi. The Balaban J connectivity index is -0.0000000222. The predicted molar refractivity (Wildman–Crippen MR) is 20.4 cm³/mol. The predicted octanol–water partition coefficient (Wildman–Crippen LogP) is -12.2. The molecule has 0 amide bonds. The van der Waals surface area contributed by atoms with Crippen molar-refractivity contribution in [1.29, 1.82) is 0 Å². The number of rotatable bonds is 1. The molecular weight excluding hydrogens is 269 g/mol. The van der Waals surface area contributed by atoms with Crippen LogP contribution in [0.2, 0.25) is 0 Å². The van der Waals surface area contributed by atoms with Crippen molar-refractivity contribution in [3.05, 3.63) is 0 Å². The molecule has 0 radical (unpaired) electrons. The molecule has 11 heavy (non-hydrogen) atoms. The van der Waals surface area contributed by atoms with Crippen molar-refractivity contribution < 1.29 is 122 Å². The summed E-state index contributed by atoms with van der Waals surface area (Å²) in [6, 6.07) is 0. The van der Waals surface area contributed by atoms with Gasteiger partial charge in [0.05, 0.1) is 0 Å². The summed E-state index contributed by atoms with van der Waals surface area (Å²) in [6.07, 6.45) is 0. The molecule has 0 aromatic carbocycles. The van der Waals surface area contributed by atoms with Gasteiger partial charge in [-0.15, -0.1) is 9.05 Å². The van der Waals surface area contributed by atoms with E-state index in [1.807, 2.05) is 0 Å². The van der Waals surface area contributed by atoms with Gasteiger partial charge >= 0.3 is 114 Å². The van der Waals surface area contributed by atoms with E-state index in [9.17, 15) is 14.4 Å². The van der Waals surface area contributed by atoms with Gasteiger partial charge in [0.2, 0.25) is 0 Å². The standard InChI is InChI=1S/CH3O4Si.Cu.3Na.S/c1-5-6(2,3)4;;;;;/h1H3;;;;;/q-3;;3*+1;. The van der Waals surface area contributed by atoms with E-state index < -0.39 is 9.05 Å². The van der Waals surface area contributed by atoms with Crippen molar-refractivity contribution in [2.45, 2.75) is 0 Å². The quantitative estimate of drug-likeness (QED) is 0.443. The van der Waals surface area contributed by atoms with Crippen LogP contribution in [0.3, 0.4) is 0 Å². The van der Waals surface area contributed by atoms with Gasteiger partial charge < -0.3 is 18.8 Å². The molecule has 0 aromatic heterocycles. The number of hydrogen-bond acceptors (Lipinski definition) is 5. The van der Waals surface area contributed by atoms with Gasteiger partial charge in [0.1, 0.15) is 0 Å². The van der Waals surface area contributed by atoms with Crippen molar-refractivity contribution in [2.24, 2.45) is 0 Å². The molecule has 0 aliphatic heterocycles. The normalized spacial score (nSPS) is 7.09. The number of hydrogen-bond donors (Lipinski definition) is 0. The van der Waals surface area contributed by atoms with Crippen LogP contribution in [-0.4, -0.2) is 16.2 Å². The van der Waals surface area contributed by atoms with Crippen molar-refractivity contribution in [1.82, 2.24) is 0 Å². The molecule has 0 heterocycles. The minimum atomic E-state index is -4.88. The second kappa shape index (κ2) is 19.4. The van der Waals surface area contributed by atoms with Gasteiger partial charge in [-0.3, -0.25) is 0 Å². The molecule has 0 rings (SSSR count). The third-order valence-electron chi connectivity index (χ3n) is 0.250. The molecule has 0 saturated carbocycles. The van der Waals surface area contributed by atoms with E-state index in [4.69, 9.17) is 0 Å². The molecule has 0 aromatic rings. The molecule has 0 bridgehead atoms. The van der Waals surface area contributed by atoms with Gasteiger partial charge in [-0.05, 0) is 0 Å². The summed E-state index contributed by atoms with van der Waals surface area (Å²) in [5, 5.41) is 0. The van der Waals surface area contributed by atoms with E-state index in [2.05, 4.69) is 29.4 Å². The van der Waals surface area contributed by atoms with E-state index >= 15 is 0 Å². The fourth-order valence-electron chi connectivity index (χ4n) is 0. The van der Waals surface area contributed by atoms with E-state index in [1.165, 1.54) is 0 Å². The molecule has 4 nitrogen and oxygen atoms in total. The zero-order chi connectivity index (χ0) is 7.21. The molecule has 0 atom stereocenters. The Bertz CT molecular complexity index is 63.8. The molecule has 0 unspecified atom stereocenters. The second-order valence-corrected chi connectivity index (χ2v) is 2.11. The summed E-state index contributed by atoms with van der Waals surface area (Å²) in [6.45, 7) is 0. The molecule has 0 saturated heterocycles. The Morgan fingerprint density at radius 1 is 1.09 bits per heavy atom. The average Bonchev–Trinajstić information content (AvgIpc) is 1.71. The van der Waals surface area contributed by atoms with Gasteiger partial charge in [-0.25, -0.2) is 0 Å². The fourth-order valence-corrected chi connectivity index (χ4v) is 0. The van der Waals surface area contributed by atoms with Crippen molar-refractivity contribution in [3.8, 4) is 0 Å². The van der Waals surface area contributed by atoms with Crippen LogP contribution >= 0.6 is 10.6 Å². The van der Waals surface area contributed by atoms with Gasteiger partial charge in [0.25, 0.3) is 0 Å². The van der Waals surface area contributed by atoms with E-state index in [1.54, 1.807) is 0 Å². The summed E-state index contributed by atoms with van der Waals surface area (Å²) in [4.78, 5) is 27.8. The van der Waals surface area contributed by atoms with Crippen LogP contribution in [0.4, 0.5) is 0 Å². The Morgan fingerprint density at radius 2 is 1.18 bits per heavy atom. The second-order valence-electron chi connectivity index (χ2n) is 0.704. The Morgan fingerprint density at radius 3 is 1.18 bits per heavy atom. The van der Waals surface area contributed by atoms with E-state index in [-0.39, 0.29) is 88.7 Å². The SMILES string of the molecule is CO[Si]([O-])([O-])[O-].[Na+].[Na+].[Na+].[S]=[Cu]. The van der Waals surface area contributed by atoms with E-state index in [0.29, 0.717) is 0 Å². The first kappa shape index (κ1) is 29.3. The van der Waals surface area contributed by atoms with Gasteiger partial charge in [-0.2, -0.15) is 0 Å². The summed E-state index contributed by atoms with van der Waals surface area (Å²) in [5.74, 6) is 0. The van der Waals surface area contributed by atoms with E-state index in [0.717, 1.165) is 7.11 Å². The van der Waals surface area contributed by atoms with Gasteiger partial charge in [0.15, 0.2) is 0 Å². The first-order valence-electron chi connectivity index (χ1n) is 1.35. The van der Waals surface area contributed by atoms with Gasteiger partial charge in [-0.1, -0.05) is 0 Å². The summed E-state index contributed by atoms with van der Waals surface area (Å²) >= 11 is 3.77. The topological polar surface area (TPSA) is 78.4 Å². The monoisotopic (exact) mass is 271 g/mol. The van der Waals surface area contributed by atoms with Crippen LogP contribution in [-0.2, 0) is 18.8 Å². The van der Waals surface area contributed by atoms with Crippen LogP contribution in [0.25, 0.3) is 0 Å². The zero-order valence-electron chi connectivity index (χ0n) is 6.84. The first-order chi connectivity index (χ1) is 3.56. The molecule has 10 heteroatoms. The third kappa shape index (κ3) is 41.6. The summed E-state index contributed by atoms with van der Waals surface area (Å²) in [7, 11) is -0.403. The zero-order valence-corrected chi connectivity index (χ0v) is 15.6. The Labute approximate surface area is 146 Å². The van der Waals surface area contributed by atoms with Crippen molar-refractivity contribution in [2.75, 3.05) is 7.11 Å². The first-order valence-corrected chi connectivity index (χ1v) is 4.38. The summed E-state index contributed by atoms with van der Waals surface area (Å²) in [5.41, 5.74) is 0. The van der Waals surface area contributed by atoms with Crippen LogP contribution in [0, 0.1) is 0 Å². The van der Waals surface area contributed by atoms with Crippen LogP contribution in [0.1, 0.15) is 0 Å². The molecule has 0 aliphatic rings. The average molecular weight is 272 g/mol.